The van der Waals surface area contributed by atoms with Crippen LogP contribution in [0.25, 0.3) is 11.0 Å². The van der Waals surface area contributed by atoms with E-state index in [0.717, 1.165) is 11.1 Å². The van der Waals surface area contributed by atoms with Crippen molar-refractivity contribution in [3.05, 3.63) is 93.9 Å². The van der Waals surface area contributed by atoms with E-state index in [4.69, 9.17) is 0 Å². The van der Waals surface area contributed by atoms with Crippen LogP contribution in [0.2, 0.25) is 0 Å². The molecule has 166 valence electrons. The molecular formula is C24H20N4O4S. The molecular weight excluding hydrogens is 440 g/mol. The monoisotopic (exact) mass is 460 g/mol. The van der Waals surface area contributed by atoms with Gasteiger partial charge >= 0.3 is 0 Å². The number of benzene rings is 2. The Labute approximate surface area is 189 Å². The number of anilines is 1. The van der Waals surface area contributed by atoms with Gasteiger partial charge in [0.2, 0.25) is 0 Å². The van der Waals surface area contributed by atoms with Crippen LogP contribution in [0.15, 0.2) is 80.9 Å². The van der Waals surface area contributed by atoms with E-state index in [1.807, 2.05) is 43.3 Å². The molecule has 4 aromatic rings. The summed E-state index contributed by atoms with van der Waals surface area (Å²) in [5, 5.41) is 14.4. The molecule has 3 heterocycles. The van der Waals surface area contributed by atoms with E-state index in [1.165, 1.54) is 16.8 Å². The van der Waals surface area contributed by atoms with E-state index in [1.54, 1.807) is 18.2 Å². The number of aromatic nitrogens is 2. The summed E-state index contributed by atoms with van der Waals surface area (Å²) in [6.45, 7) is 2.10. The first-order chi connectivity index (χ1) is 15.9. The number of pyridine rings is 2. The summed E-state index contributed by atoms with van der Waals surface area (Å²) in [5.41, 5.74) is 1.46. The largest absolute Gasteiger partial charge is 0.506 e. The van der Waals surface area contributed by atoms with Crippen molar-refractivity contribution >= 4 is 32.6 Å². The Hall–Kier alpha value is -3.98. The molecule has 0 spiro atoms. The highest BCUT2D eigenvalue weighted by molar-refractivity contribution is 7.90. The lowest BCUT2D eigenvalue weighted by atomic mass is 10.1. The van der Waals surface area contributed by atoms with Crippen LogP contribution in [0.4, 0.5) is 5.69 Å². The average molecular weight is 461 g/mol. The molecule has 0 unspecified atom stereocenters. The lowest BCUT2D eigenvalue weighted by Crippen LogP contribution is -2.33. The predicted molar refractivity (Wildman–Crippen MR) is 126 cm³/mol. The molecule has 2 aromatic heterocycles. The van der Waals surface area contributed by atoms with Crippen molar-refractivity contribution in [1.82, 2.24) is 9.55 Å². The van der Waals surface area contributed by atoms with Crippen LogP contribution >= 0.6 is 0 Å². The van der Waals surface area contributed by atoms with E-state index in [9.17, 15) is 18.3 Å². The Morgan fingerprint density at radius 3 is 2.58 bits per heavy atom. The summed E-state index contributed by atoms with van der Waals surface area (Å²) in [5.74, 6) is -0.579. The molecule has 0 amide bonds. The van der Waals surface area contributed by atoms with Crippen molar-refractivity contribution in [2.75, 3.05) is 5.32 Å². The Morgan fingerprint density at radius 1 is 1.03 bits per heavy atom. The molecule has 0 aliphatic carbocycles. The summed E-state index contributed by atoms with van der Waals surface area (Å²) < 4.78 is 31.2. The minimum Gasteiger partial charge on any atom is -0.506 e. The van der Waals surface area contributed by atoms with Crippen LogP contribution in [0.5, 0.6) is 5.75 Å². The molecule has 0 saturated heterocycles. The van der Waals surface area contributed by atoms with Gasteiger partial charge in [0.05, 0.1) is 17.6 Å². The molecule has 0 saturated carbocycles. The van der Waals surface area contributed by atoms with E-state index in [2.05, 4.69) is 14.7 Å². The Morgan fingerprint density at radius 2 is 1.82 bits per heavy atom. The second kappa shape index (κ2) is 7.86. The number of aryl methyl sites for hydroxylation is 1. The molecule has 2 aromatic carbocycles. The Balaban J connectivity index is 1.77. The van der Waals surface area contributed by atoms with Gasteiger partial charge in [-0.1, -0.05) is 49.4 Å². The van der Waals surface area contributed by atoms with E-state index in [0.29, 0.717) is 23.1 Å². The van der Waals surface area contributed by atoms with Gasteiger partial charge in [-0.15, -0.1) is 4.40 Å². The molecule has 0 fully saturated rings. The molecule has 0 bridgehead atoms. The minimum absolute atomic E-state index is 0.0390. The summed E-state index contributed by atoms with van der Waals surface area (Å²) in [6, 6.07) is 17.5. The van der Waals surface area contributed by atoms with Gasteiger partial charge in [0.1, 0.15) is 21.9 Å². The second-order valence-corrected chi connectivity index (χ2v) is 9.23. The quantitative estimate of drug-likeness (QED) is 0.483. The first kappa shape index (κ1) is 20.9. The summed E-state index contributed by atoms with van der Waals surface area (Å²) >= 11 is 0. The van der Waals surface area contributed by atoms with E-state index < -0.39 is 15.6 Å². The number of aromatic hydroxyl groups is 1. The average Bonchev–Trinajstić information content (AvgIpc) is 2.82. The van der Waals surface area contributed by atoms with Crippen molar-refractivity contribution in [3.63, 3.8) is 0 Å². The number of sulfonamides is 1. The molecule has 0 atom stereocenters. The van der Waals surface area contributed by atoms with Crippen LogP contribution in [0.3, 0.4) is 0 Å². The van der Waals surface area contributed by atoms with Crippen LogP contribution in [0.1, 0.15) is 23.6 Å². The van der Waals surface area contributed by atoms with Crippen molar-refractivity contribution in [2.24, 2.45) is 4.40 Å². The first-order valence-corrected chi connectivity index (χ1v) is 11.8. The molecule has 8 nitrogen and oxygen atoms in total. The summed E-state index contributed by atoms with van der Waals surface area (Å²) in [6.07, 6.45) is 2.11. The topological polar surface area (TPSA) is 114 Å². The normalized spacial score (nSPS) is 14.4. The highest BCUT2D eigenvalue weighted by Crippen LogP contribution is 2.34. The number of nitrogens with one attached hydrogen (secondary N) is 1. The second-order valence-electron chi connectivity index (χ2n) is 7.66. The maximum Gasteiger partial charge on any atom is 0.286 e. The van der Waals surface area contributed by atoms with Crippen LogP contribution in [-0.4, -0.2) is 28.9 Å². The van der Waals surface area contributed by atoms with Gasteiger partial charge in [0.25, 0.3) is 15.6 Å². The maximum atomic E-state index is 13.6. The van der Waals surface area contributed by atoms with Crippen molar-refractivity contribution in [2.45, 2.75) is 24.8 Å². The van der Waals surface area contributed by atoms with Gasteiger partial charge in [-0.2, -0.15) is 8.42 Å². The number of rotatable bonds is 4. The molecule has 5 rings (SSSR count). The van der Waals surface area contributed by atoms with Gasteiger partial charge in [0.15, 0.2) is 5.84 Å². The highest BCUT2D eigenvalue weighted by Gasteiger charge is 2.31. The first-order valence-electron chi connectivity index (χ1n) is 10.4. The Kier molecular flexibility index (Phi) is 4.98. The standard InChI is InChI=1S/C24H20N4O4S/c1-2-16-10-6-12-18-20(16)26-22(27-33(18,31)32)19-21(29)17-11-7-13-25-23(17)28(24(19)30)14-15-8-4-3-5-9-15/h3-13,29H,2,14H2,1H3,(H,26,27). The zero-order valence-electron chi connectivity index (χ0n) is 17.7. The summed E-state index contributed by atoms with van der Waals surface area (Å²) in [7, 11) is -4.08. The van der Waals surface area contributed by atoms with Crippen molar-refractivity contribution in [1.29, 1.82) is 0 Å². The van der Waals surface area contributed by atoms with E-state index in [-0.39, 0.29) is 28.6 Å². The smallest absolute Gasteiger partial charge is 0.286 e. The molecule has 2 N–H and O–H groups in total. The Bertz CT molecular complexity index is 1590. The third-order valence-corrected chi connectivity index (χ3v) is 6.96. The highest BCUT2D eigenvalue weighted by atomic mass is 32.2. The maximum absolute atomic E-state index is 13.6. The fourth-order valence-corrected chi connectivity index (χ4v) is 5.20. The molecule has 1 aliphatic rings. The predicted octanol–water partition coefficient (Wildman–Crippen LogP) is 3.27. The van der Waals surface area contributed by atoms with Gasteiger partial charge in [-0.05, 0) is 35.7 Å². The number of amidine groups is 1. The van der Waals surface area contributed by atoms with Crippen molar-refractivity contribution < 1.29 is 13.5 Å². The van der Waals surface area contributed by atoms with Crippen LogP contribution in [-0.2, 0) is 23.0 Å². The van der Waals surface area contributed by atoms with E-state index >= 15 is 0 Å². The van der Waals surface area contributed by atoms with Gasteiger partial charge in [-0.3, -0.25) is 9.36 Å². The van der Waals surface area contributed by atoms with Gasteiger partial charge in [-0.25, -0.2) is 4.98 Å². The minimum atomic E-state index is -4.08. The van der Waals surface area contributed by atoms with Gasteiger partial charge in [0, 0.05) is 6.20 Å². The third-order valence-electron chi connectivity index (χ3n) is 5.64. The summed E-state index contributed by atoms with van der Waals surface area (Å²) in [4.78, 5) is 18.0. The number of fused-ring (bicyclic) bond motifs is 2. The fourth-order valence-electron chi connectivity index (χ4n) is 4.04. The van der Waals surface area contributed by atoms with Gasteiger partial charge < -0.3 is 10.4 Å². The molecule has 0 radical (unpaired) electrons. The third kappa shape index (κ3) is 3.46. The number of hydrogen-bond acceptors (Lipinski definition) is 6. The van der Waals surface area contributed by atoms with Crippen LogP contribution in [0, 0.1) is 0 Å². The van der Waals surface area contributed by atoms with Crippen molar-refractivity contribution in [3.8, 4) is 5.75 Å². The van der Waals surface area contributed by atoms with Crippen LogP contribution < -0.4 is 10.9 Å². The molecule has 33 heavy (non-hydrogen) atoms. The number of nitrogens with zero attached hydrogens (tertiary/aromatic N) is 3. The lowest BCUT2D eigenvalue weighted by molar-refractivity contribution is 0.477. The zero-order chi connectivity index (χ0) is 23.2. The molecule has 1 aliphatic heterocycles. The lowest BCUT2D eigenvalue weighted by Gasteiger charge is -2.22. The number of para-hydroxylation sites is 1. The SMILES string of the molecule is CCc1cccc2c1NC(c1c(O)c3cccnc3n(Cc3ccccc3)c1=O)=NS2(=O)=O. The zero-order valence-corrected chi connectivity index (χ0v) is 18.5. The molecule has 9 heteroatoms. The fraction of sp³-hybridized carbons (Fsp3) is 0.125. The number of hydrogen-bond donors (Lipinski definition) is 2.